The summed E-state index contributed by atoms with van der Waals surface area (Å²) >= 11 is 0. The minimum atomic E-state index is -0.111. The van der Waals surface area contributed by atoms with Crippen LogP contribution in [0.3, 0.4) is 0 Å². The third-order valence-corrected chi connectivity index (χ3v) is 2.02. The second-order valence-electron chi connectivity index (χ2n) is 2.92. The van der Waals surface area contributed by atoms with Crippen molar-refractivity contribution in [3.63, 3.8) is 0 Å². The molecular formula is C6H11NO. The van der Waals surface area contributed by atoms with Gasteiger partial charge in [-0.05, 0) is 20.8 Å². The van der Waals surface area contributed by atoms with E-state index in [2.05, 4.69) is 5.32 Å². The molecule has 1 N–H and O–H groups in total. The molecular weight excluding hydrogens is 102 g/mol. The van der Waals surface area contributed by atoms with Crippen molar-refractivity contribution in [3.8, 4) is 0 Å². The standard InChI is InChI=1S/C6H11NO/c1-4-6(2,3)5(8)7-4/h4H,1-3H3,(H,7,8)/t4-/m1/s1. The quantitative estimate of drug-likeness (QED) is 0.456. The molecule has 2 nitrogen and oxygen atoms in total. The predicted octanol–water partition coefficient (Wildman–Crippen LogP) is 0.531. The fourth-order valence-corrected chi connectivity index (χ4v) is 0.682. The number of rotatable bonds is 0. The summed E-state index contributed by atoms with van der Waals surface area (Å²) in [5, 5.41) is 2.76. The van der Waals surface area contributed by atoms with E-state index < -0.39 is 0 Å². The van der Waals surface area contributed by atoms with E-state index >= 15 is 0 Å². The molecule has 1 atom stereocenters. The number of carbonyl (C=O) groups is 1. The van der Waals surface area contributed by atoms with Gasteiger partial charge >= 0.3 is 0 Å². The molecule has 1 aliphatic heterocycles. The minimum Gasteiger partial charge on any atom is -0.352 e. The third-order valence-electron chi connectivity index (χ3n) is 2.02. The highest BCUT2D eigenvalue weighted by Gasteiger charge is 2.43. The van der Waals surface area contributed by atoms with Crippen molar-refractivity contribution in [2.75, 3.05) is 0 Å². The Balaban J connectivity index is 2.66. The van der Waals surface area contributed by atoms with Crippen LogP contribution in [0.5, 0.6) is 0 Å². The fraction of sp³-hybridized carbons (Fsp3) is 0.833. The van der Waals surface area contributed by atoms with E-state index in [1.165, 1.54) is 0 Å². The molecule has 0 saturated carbocycles. The van der Waals surface area contributed by atoms with Crippen molar-refractivity contribution in [3.05, 3.63) is 0 Å². The highest BCUT2D eigenvalue weighted by Crippen LogP contribution is 2.28. The molecule has 46 valence electrons. The van der Waals surface area contributed by atoms with Gasteiger partial charge in [-0.3, -0.25) is 4.79 Å². The first kappa shape index (κ1) is 5.60. The Morgan fingerprint density at radius 3 is 2.12 bits per heavy atom. The summed E-state index contributed by atoms with van der Waals surface area (Å²) in [6.45, 7) is 5.93. The maximum Gasteiger partial charge on any atom is 0.227 e. The van der Waals surface area contributed by atoms with Crippen LogP contribution in [0.1, 0.15) is 20.8 Å². The van der Waals surface area contributed by atoms with Crippen LogP contribution in [0, 0.1) is 5.41 Å². The van der Waals surface area contributed by atoms with Crippen LogP contribution in [0.4, 0.5) is 0 Å². The molecule has 0 bridgehead atoms. The molecule has 1 rings (SSSR count). The molecule has 8 heavy (non-hydrogen) atoms. The SMILES string of the molecule is C[C@H]1NC(=O)C1(C)C. The van der Waals surface area contributed by atoms with E-state index in [-0.39, 0.29) is 11.3 Å². The monoisotopic (exact) mass is 113 g/mol. The zero-order valence-electron chi connectivity index (χ0n) is 5.49. The van der Waals surface area contributed by atoms with Gasteiger partial charge in [0.1, 0.15) is 0 Å². The highest BCUT2D eigenvalue weighted by molar-refractivity contribution is 5.88. The van der Waals surface area contributed by atoms with Gasteiger partial charge < -0.3 is 5.32 Å². The van der Waals surface area contributed by atoms with Crippen molar-refractivity contribution in [1.82, 2.24) is 5.32 Å². The van der Waals surface area contributed by atoms with Crippen LogP contribution in [-0.4, -0.2) is 11.9 Å². The van der Waals surface area contributed by atoms with E-state index in [4.69, 9.17) is 0 Å². The maximum atomic E-state index is 10.7. The average Bonchev–Trinajstić information content (AvgIpc) is 1.68. The molecule has 0 radical (unpaired) electrons. The molecule has 0 aromatic rings. The predicted molar refractivity (Wildman–Crippen MR) is 31.4 cm³/mol. The molecule has 1 aliphatic rings. The number of hydrogen-bond acceptors (Lipinski definition) is 1. The molecule has 0 aromatic carbocycles. The summed E-state index contributed by atoms with van der Waals surface area (Å²) in [5.41, 5.74) is -0.111. The molecule has 0 unspecified atom stereocenters. The minimum absolute atomic E-state index is 0.111. The number of amides is 1. The lowest BCUT2D eigenvalue weighted by Gasteiger charge is -2.41. The molecule has 0 aliphatic carbocycles. The molecule has 1 saturated heterocycles. The third kappa shape index (κ3) is 0.457. The molecule has 1 amide bonds. The van der Waals surface area contributed by atoms with Crippen molar-refractivity contribution >= 4 is 5.91 Å². The van der Waals surface area contributed by atoms with Crippen molar-refractivity contribution < 1.29 is 4.79 Å². The first-order valence-corrected chi connectivity index (χ1v) is 2.86. The molecule has 0 spiro atoms. The van der Waals surface area contributed by atoms with Gasteiger partial charge in [-0.15, -0.1) is 0 Å². The Kier molecular flexibility index (Phi) is 0.872. The van der Waals surface area contributed by atoms with Gasteiger partial charge in [0.15, 0.2) is 0 Å². The fourth-order valence-electron chi connectivity index (χ4n) is 0.682. The molecule has 0 aromatic heterocycles. The number of nitrogens with one attached hydrogen (secondary N) is 1. The van der Waals surface area contributed by atoms with Crippen LogP contribution < -0.4 is 5.32 Å². The number of carbonyl (C=O) groups excluding carboxylic acids is 1. The van der Waals surface area contributed by atoms with E-state index in [9.17, 15) is 4.79 Å². The van der Waals surface area contributed by atoms with Gasteiger partial charge in [-0.2, -0.15) is 0 Å². The normalized spacial score (nSPS) is 33.4. The van der Waals surface area contributed by atoms with Crippen LogP contribution in [0.2, 0.25) is 0 Å². The van der Waals surface area contributed by atoms with Gasteiger partial charge in [-0.25, -0.2) is 0 Å². The summed E-state index contributed by atoms with van der Waals surface area (Å²) in [6.07, 6.45) is 0. The smallest absolute Gasteiger partial charge is 0.227 e. The Hall–Kier alpha value is -0.530. The highest BCUT2D eigenvalue weighted by atomic mass is 16.2. The Morgan fingerprint density at radius 2 is 2.12 bits per heavy atom. The first-order chi connectivity index (χ1) is 3.55. The molecule has 2 heteroatoms. The van der Waals surface area contributed by atoms with E-state index in [0.717, 1.165) is 0 Å². The van der Waals surface area contributed by atoms with Crippen LogP contribution in [0.15, 0.2) is 0 Å². The van der Waals surface area contributed by atoms with E-state index in [1.807, 2.05) is 20.8 Å². The lowest BCUT2D eigenvalue weighted by molar-refractivity contribution is -0.141. The van der Waals surface area contributed by atoms with E-state index in [0.29, 0.717) is 6.04 Å². The topological polar surface area (TPSA) is 29.1 Å². The zero-order valence-corrected chi connectivity index (χ0v) is 5.49. The molecule has 1 heterocycles. The number of β-lactam (4-membered cyclic amide) rings is 1. The maximum absolute atomic E-state index is 10.7. The van der Waals surface area contributed by atoms with Crippen molar-refractivity contribution in [2.24, 2.45) is 5.41 Å². The van der Waals surface area contributed by atoms with Crippen molar-refractivity contribution in [1.29, 1.82) is 0 Å². The number of hydrogen-bond donors (Lipinski definition) is 1. The van der Waals surface area contributed by atoms with Gasteiger partial charge in [-0.1, -0.05) is 0 Å². The van der Waals surface area contributed by atoms with Gasteiger partial charge in [0.25, 0.3) is 0 Å². The Morgan fingerprint density at radius 1 is 1.62 bits per heavy atom. The van der Waals surface area contributed by atoms with Gasteiger partial charge in [0.05, 0.1) is 5.41 Å². The first-order valence-electron chi connectivity index (χ1n) is 2.86. The van der Waals surface area contributed by atoms with Crippen LogP contribution >= 0.6 is 0 Å². The largest absolute Gasteiger partial charge is 0.352 e. The second-order valence-corrected chi connectivity index (χ2v) is 2.92. The zero-order chi connectivity index (χ0) is 6.36. The molecule has 1 fully saturated rings. The lowest BCUT2D eigenvalue weighted by Crippen LogP contribution is -2.62. The summed E-state index contributed by atoms with van der Waals surface area (Å²) in [5.74, 6) is 0.171. The average molecular weight is 113 g/mol. The van der Waals surface area contributed by atoms with Crippen LogP contribution in [0.25, 0.3) is 0 Å². The van der Waals surface area contributed by atoms with Crippen molar-refractivity contribution in [2.45, 2.75) is 26.8 Å². The second kappa shape index (κ2) is 1.24. The van der Waals surface area contributed by atoms with Gasteiger partial charge in [0.2, 0.25) is 5.91 Å². The van der Waals surface area contributed by atoms with Crippen LogP contribution in [-0.2, 0) is 4.79 Å². The summed E-state index contributed by atoms with van der Waals surface area (Å²) in [7, 11) is 0. The van der Waals surface area contributed by atoms with E-state index in [1.54, 1.807) is 0 Å². The summed E-state index contributed by atoms with van der Waals surface area (Å²) < 4.78 is 0. The summed E-state index contributed by atoms with van der Waals surface area (Å²) in [4.78, 5) is 10.7. The Labute approximate surface area is 49.3 Å². The summed E-state index contributed by atoms with van der Waals surface area (Å²) in [6, 6.07) is 0.356. The Bertz CT molecular complexity index is 128. The van der Waals surface area contributed by atoms with Gasteiger partial charge in [0, 0.05) is 6.04 Å². The lowest BCUT2D eigenvalue weighted by atomic mass is 9.77.